The lowest BCUT2D eigenvalue weighted by molar-refractivity contribution is 0.317. The van der Waals surface area contributed by atoms with E-state index in [9.17, 15) is 0 Å². The van der Waals surface area contributed by atoms with E-state index in [0.717, 1.165) is 84.1 Å². The Labute approximate surface area is 458 Å². The SMILES string of the molecule is CCCOc1ccc(N(c2ccc(CCC)cc2)c2ccc3c4c(-c5ccccc5)c5c6ccc(N(c7ccc(CCC)cc7)c7ccc(OCCC)cc7)c7cccc(c5c(-c5ccccc5)c4c4cccc2c43)c76)cc1. The number of aryl methyl sites for hydroxylation is 2. The molecule has 0 aliphatic heterocycles. The predicted molar refractivity (Wildman–Crippen MR) is 334 cm³/mol. The number of fused-ring (bicyclic) bond motifs is 6. The number of nitrogens with zero attached hydrogens (tertiary/aromatic N) is 2. The smallest absolute Gasteiger partial charge is 0.119 e. The van der Waals surface area contributed by atoms with Crippen molar-refractivity contribution in [2.45, 2.75) is 66.2 Å². The van der Waals surface area contributed by atoms with Gasteiger partial charge in [0.05, 0.1) is 24.6 Å². The predicted octanol–water partition coefficient (Wildman–Crippen LogP) is 21.2. The van der Waals surface area contributed by atoms with Gasteiger partial charge in [-0.25, -0.2) is 0 Å². The highest BCUT2D eigenvalue weighted by Gasteiger charge is 2.30. The van der Waals surface area contributed by atoms with Crippen molar-refractivity contribution in [1.82, 2.24) is 0 Å². The van der Waals surface area contributed by atoms with Gasteiger partial charge in [0.25, 0.3) is 0 Å². The van der Waals surface area contributed by atoms with Crippen molar-refractivity contribution in [1.29, 1.82) is 0 Å². The van der Waals surface area contributed by atoms with Gasteiger partial charge >= 0.3 is 0 Å². The summed E-state index contributed by atoms with van der Waals surface area (Å²) in [4.78, 5) is 4.88. The topological polar surface area (TPSA) is 24.9 Å². The maximum Gasteiger partial charge on any atom is 0.119 e. The van der Waals surface area contributed by atoms with Crippen LogP contribution in [0, 0.1) is 0 Å². The number of rotatable bonds is 18. The summed E-state index contributed by atoms with van der Waals surface area (Å²) in [6, 6.07) is 81.6. The van der Waals surface area contributed by atoms with E-state index in [1.54, 1.807) is 0 Å². The summed E-state index contributed by atoms with van der Waals surface area (Å²) in [6.07, 6.45) is 6.24. The Morgan fingerprint density at radius 3 is 0.962 bits per heavy atom. The summed E-state index contributed by atoms with van der Waals surface area (Å²) in [5.41, 5.74) is 14.3. The Hall–Kier alpha value is -8.86. The highest BCUT2D eigenvalue weighted by atomic mass is 16.5. The second-order valence-electron chi connectivity index (χ2n) is 20.9. The van der Waals surface area contributed by atoms with Crippen LogP contribution < -0.4 is 19.3 Å². The summed E-state index contributed by atoms with van der Waals surface area (Å²) < 4.78 is 12.2. The van der Waals surface area contributed by atoms with Crippen LogP contribution in [0.15, 0.2) is 218 Å². The first-order valence-electron chi connectivity index (χ1n) is 28.3. The van der Waals surface area contributed by atoms with Crippen LogP contribution >= 0.6 is 0 Å². The Morgan fingerprint density at radius 2 is 0.615 bits per heavy atom. The lowest BCUT2D eigenvalue weighted by Crippen LogP contribution is -2.10. The second-order valence-corrected chi connectivity index (χ2v) is 20.9. The van der Waals surface area contributed by atoms with Crippen molar-refractivity contribution in [3.05, 3.63) is 230 Å². The number of benzene rings is 11. The minimum atomic E-state index is 0.690. The second kappa shape index (κ2) is 20.9. The summed E-state index contributed by atoms with van der Waals surface area (Å²) in [7, 11) is 0. The molecule has 13 aromatic rings. The maximum atomic E-state index is 6.11. The molecule has 0 fully saturated rings. The van der Waals surface area contributed by atoms with Gasteiger partial charge in [-0.05, 0) is 198 Å². The van der Waals surface area contributed by atoms with Crippen molar-refractivity contribution in [3.63, 3.8) is 0 Å². The fraction of sp³-hybridized carbons (Fsp3) is 0.162. The molecule has 0 N–H and O–H groups in total. The molecule has 0 saturated heterocycles. The first-order valence-corrected chi connectivity index (χ1v) is 28.3. The van der Waals surface area contributed by atoms with Crippen LogP contribution in [0.5, 0.6) is 11.5 Å². The van der Waals surface area contributed by atoms with Crippen molar-refractivity contribution < 1.29 is 9.47 Å². The van der Waals surface area contributed by atoms with E-state index < -0.39 is 0 Å². The van der Waals surface area contributed by atoms with E-state index in [2.05, 4.69) is 256 Å². The third-order valence-electron chi connectivity index (χ3n) is 15.8. The molecule has 13 rings (SSSR count). The average Bonchev–Trinajstić information content (AvgIpc) is 3.69. The zero-order valence-electron chi connectivity index (χ0n) is 45.2. The first kappa shape index (κ1) is 48.8. The Morgan fingerprint density at radius 1 is 0.282 bits per heavy atom. The van der Waals surface area contributed by atoms with Crippen molar-refractivity contribution in [2.75, 3.05) is 23.0 Å². The van der Waals surface area contributed by atoms with E-state index >= 15 is 0 Å². The van der Waals surface area contributed by atoms with Crippen molar-refractivity contribution >= 4 is 98.8 Å². The van der Waals surface area contributed by atoms with Crippen molar-refractivity contribution in [3.8, 4) is 33.8 Å². The van der Waals surface area contributed by atoms with Crippen LogP contribution in [-0.2, 0) is 12.8 Å². The minimum absolute atomic E-state index is 0.690. The third-order valence-corrected chi connectivity index (χ3v) is 15.8. The molecular formula is C74H64N2O2. The molecule has 0 aromatic heterocycles. The molecule has 382 valence electrons. The normalized spacial score (nSPS) is 11.7. The van der Waals surface area contributed by atoms with Gasteiger partial charge in [0.1, 0.15) is 11.5 Å². The molecule has 0 unspecified atom stereocenters. The van der Waals surface area contributed by atoms with Crippen LogP contribution in [0.3, 0.4) is 0 Å². The van der Waals surface area contributed by atoms with Crippen LogP contribution in [0.4, 0.5) is 34.1 Å². The van der Waals surface area contributed by atoms with Crippen LogP contribution in [0.2, 0.25) is 0 Å². The lowest BCUT2D eigenvalue weighted by Gasteiger charge is -2.27. The molecule has 4 heteroatoms. The van der Waals surface area contributed by atoms with E-state index in [-0.39, 0.29) is 0 Å². The van der Waals surface area contributed by atoms with Gasteiger partial charge in [-0.3, -0.25) is 0 Å². The minimum Gasteiger partial charge on any atom is -0.494 e. The maximum absolute atomic E-state index is 6.11. The Kier molecular flexibility index (Phi) is 13.1. The molecule has 0 heterocycles. The highest BCUT2D eigenvalue weighted by Crippen LogP contribution is 2.57. The van der Waals surface area contributed by atoms with Gasteiger partial charge < -0.3 is 19.3 Å². The molecule has 0 atom stereocenters. The van der Waals surface area contributed by atoms with E-state index in [0.29, 0.717) is 13.2 Å². The van der Waals surface area contributed by atoms with Gasteiger partial charge in [-0.2, -0.15) is 0 Å². The molecule has 0 amide bonds. The average molecular weight is 1010 g/mol. The zero-order chi connectivity index (χ0) is 52.7. The molecule has 4 nitrogen and oxygen atoms in total. The number of hydrogen-bond acceptors (Lipinski definition) is 4. The Balaban J connectivity index is 1.11. The highest BCUT2D eigenvalue weighted by molar-refractivity contribution is 6.47. The fourth-order valence-electron chi connectivity index (χ4n) is 12.5. The molecule has 0 bridgehead atoms. The van der Waals surface area contributed by atoms with E-state index in [1.807, 2.05) is 0 Å². The zero-order valence-corrected chi connectivity index (χ0v) is 45.2. The third kappa shape index (κ3) is 8.39. The molecule has 0 aliphatic carbocycles. The molecule has 0 spiro atoms. The lowest BCUT2D eigenvalue weighted by atomic mass is 9.87. The monoisotopic (exact) mass is 1010 g/mol. The summed E-state index contributed by atoms with van der Waals surface area (Å²) in [5.74, 6) is 1.77. The summed E-state index contributed by atoms with van der Waals surface area (Å²) in [5, 5.41) is 15.1. The number of anilines is 6. The van der Waals surface area contributed by atoms with Gasteiger partial charge in [0.2, 0.25) is 0 Å². The molecule has 13 aromatic carbocycles. The molecular weight excluding hydrogens is 949 g/mol. The van der Waals surface area contributed by atoms with Gasteiger partial charge in [-0.1, -0.05) is 174 Å². The standard InChI is InChI=1S/C74H64N2O2/c1-5-17-49-27-31-53(32-28-49)75(55-35-39-57(40-36-55)77-47-7-3)65-45-43-63-69-59(65)23-15-25-61(69)71-67(51-19-11-9-12-20-51)72-62-26-16-24-60-66(46-44-64(70(60)62)74(72)68(73(63)71)52-21-13-10-14-22-52)76(54-33-29-50(18-6-2)30-34-54)56-37-41-58(42-38-56)78-48-8-4/h9-16,19-46H,5-8,17-18,47-48H2,1-4H3. The molecule has 78 heavy (non-hydrogen) atoms. The van der Waals surface area contributed by atoms with Gasteiger partial charge in [-0.15, -0.1) is 0 Å². The fourth-order valence-corrected chi connectivity index (χ4v) is 12.5. The van der Waals surface area contributed by atoms with Crippen molar-refractivity contribution in [2.24, 2.45) is 0 Å². The van der Waals surface area contributed by atoms with Gasteiger partial charge in [0, 0.05) is 33.5 Å². The van der Waals surface area contributed by atoms with E-state index in [4.69, 9.17) is 9.47 Å². The van der Waals surface area contributed by atoms with E-state index in [1.165, 1.54) is 98.0 Å². The van der Waals surface area contributed by atoms with Crippen LogP contribution in [0.25, 0.3) is 86.9 Å². The number of ether oxygens (including phenoxy) is 2. The van der Waals surface area contributed by atoms with Crippen LogP contribution in [0.1, 0.15) is 64.5 Å². The summed E-state index contributed by atoms with van der Waals surface area (Å²) >= 11 is 0. The largest absolute Gasteiger partial charge is 0.494 e. The first-order chi connectivity index (χ1) is 38.6. The number of hydrogen-bond donors (Lipinski definition) is 0. The quantitative estimate of drug-likeness (QED) is 0.0855. The van der Waals surface area contributed by atoms with Gasteiger partial charge in [0.15, 0.2) is 0 Å². The molecule has 0 radical (unpaired) electrons. The van der Waals surface area contributed by atoms with Crippen LogP contribution in [-0.4, -0.2) is 13.2 Å². The molecule has 0 saturated carbocycles. The molecule has 0 aliphatic rings. The Bertz CT molecular complexity index is 3880. The summed E-state index contributed by atoms with van der Waals surface area (Å²) in [6.45, 7) is 10.2.